The third-order valence-corrected chi connectivity index (χ3v) is 8.08. The van der Waals surface area contributed by atoms with Crippen LogP contribution in [0.3, 0.4) is 0 Å². The fourth-order valence-electron chi connectivity index (χ4n) is 5.76. The summed E-state index contributed by atoms with van der Waals surface area (Å²) < 4.78 is 30.5. The van der Waals surface area contributed by atoms with Gasteiger partial charge in [0.15, 0.2) is 0 Å². The van der Waals surface area contributed by atoms with Gasteiger partial charge in [0.2, 0.25) is 0 Å². The quantitative estimate of drug-likeness (QED) is 0.199. The lowest BCUT2D eigenvalue weighted by molar-refractivity contribution is -0.135. The molecule has 0 saturated carbocycles. The summed E-state index contributed by atoms with van der Waals surface area (Å²) in [5.41, 5.74) is 5.33. The average molecular weight is 591 g/mol. The number of carbonyl (C=O) groups is 1. The minimum atomic E-state index is -0.407. The van der Waals surface area contributed by atoms with Crippen molar-refractivity contribution in [1.82, 2.24) is 4.90 Å². The Morgan fingerprint density at radius 1 is 1.16 bits per heavy atom. The molecule has 0 unspecified atom stereocenters. The smallest absolute Gasteiger partial charge is 0.337 e. The highest BCUT2D eigenvalue weighted by atomic mass is 19.1. The van der Waals surface area contributed by atoms with E-state index in [9.17, 15) is 9.18 Å². The topological polar surface area (TPSA) is 69.6 Å². The highest BCUT2D eigenvalue weighted by Crippen LogP contribution is 2.41. The number of esters is 1. The predicted octanol–water partition coefficient (Wildman–Crippen LogP) is 7.27. The molecule has 230 valence electrons. The molecule has 1 aliphatic carbocycles. The maximum Gasteiger partial charge on any atom is 0.337 e. The van der Waals surface area contributed by atoms with E-state index in [1.54, 1.807) is 6.08 Å². The first kappa shape index (κ1) is 32.0. The number of hydrogen-bond acceptors (Lipinski definition) is 7. The normalized spacial score (nSPS) is 19.0. The Morgan fingerprint density at radius 2 is 1.86 bits per heavy atom. The molecule has 7 nitrogen and oxygen atoms in total. The Morgan fingerprint density at radius 3 is 2.49 bits per heavy atom. The predicted molar refractivity (Wildman–Crippen MR) is 169 cm³/mol. The Labute approximate surface area is 254 Å². The Kier molecular flexibility index (Phi) is 11.2. The summed E-state index contributed by atoms with van der Waals surface area (Å²) >= 11 is 0. The maximum atomic E-state index is 13.6. The van der Waals surface area contributed by atoms with Crippen molar-refractivity contribution in [3.05, 3.63) is 88.8 Å². The lowest BCUT2D eigenvalue weighted by Gasteiger charge is -2.43. The van der Waals surface area contributed by atoms with Gasteiger partial charge < -0.3 is 19.0 Å². The second-order valence-corrected chi connectivity index (χ2v) is 11.1. The van der Waals surface area contributed by atoms with E-state index in [4.69, 9.17) is 19.0 Å². The maximum absolute atomic E-state index is 13.6. The second-order valence-electron chi connectivity index (χ2n) is 11.1. The summed E-state index contributed by atoms with van der Waals surface area (Å²) in [6, 6.07) is 4.11. The van der Waals surface area contributed by atoms with E-state index in [0.29, 0.717) is 43.3 Å². The van der Waals surface area contributed by atoms with Gasteiger partial charge in [0.05, 0.1) is 37.2 Å². The monoisotopic (exact) mass is 590 g/mol. The van der Waals surface area contributed by atoms with Crippen LogP contribution in [0, 0.1) is 5.41 Å². The van der Waals surface area contributed by atoms with Crippen molar-refractivity contribution >= 4 is 17.8 Å². The van der Waals surface area contributed by atoms with Gasteiger partial charge in [-0.15, -0.1) is 0 Å². The number of halogens is 1. The van der Waals surface area contributed by atoms with Crippen molar-refractivity contribution in [1.29, 1.82) is 0 Å². The first-order chi connectivity index (χ1) is 20.8. The summed E-state index contributed by atoms with van der Waals surface area (Å²) in [5, 5.41) is 4.44. The fourth-order valence-corrected chi connectivity index (χ4v) is 5.76. The van der Waals surface area contributed by atoms with Gasteiger partial charge in [0.1, 0.15) is 23.9 Å². The van der Waals surface area contributed by atoms with Crippen LogP contribution in [0.15, 0.2) is 82.9 Å². The van der Waals surface area contributed by atoms with Crippen LogP contribution in [0.2, 0.25) is 0 Å². The first-order valence-electron chi connectivity index (χ1n) is 15.0. The molecule has 0 radical (unpaired) electrons. The van der Waals surface area contributed by atoms with Gasteiger partial charge in [-0.2, -0.15) is 0 Å². The number of piperidine rings is 1. The van der Waals surface area contributed by atoms with Gasteiger partial charge in [-0.25, -0.2) is 9.18 Å². The molecule has 0 amide bonds. The number of hydrogen-bond donors (Lipinski definition) is 0. The lowest BCUT2D eigenvalue weighted by Crippen LogP contribution is -2.44. The summed E-state index contributed by atoms with van der Waals surface area (Å²) in [6.45, 7) is 13.5. The molecular weight excluding hydrogens is 547 g/mol. The third-order valence-electron chi connectivity index (χ3n) is 8.08. The van der Waals surface area contributed by atoms with E-state index in [2.05, 4.69) is 34.8 Å². The van der Waals surface area contributed by atoms with Crippen LogP contribution in [0.4, 0.5) is 4.39 Å². The molecule has 8 heteroatoms. The molecule has 2 aliphatic heterocycles. The molecular formula is C35H43FN2O5. The van der Waals surface area contributed by atoms with Crippen molar-refractivity contribution in [2.24, 2.45) is 10.6 Å². The Bertz CT molecular complexity index is 1350. The third kappa shape index (κ3) is 8.14. The zero-order valence-electron chi connectivity index (χ0n) is 25.8. The molecule has 3 aliphatic rings. The van der Waals surface area contributed by atoms with Gasteiger partial charge in [-0.1, -0.05) is 30.0 Å². The van der Waals surface area contributed by atoms with Crippen LogP contribution in [0.25, 0.3) is 6.08 Å². The lowest BCUT2D eigenvalue weighted by atomic mass is 9.73. The van der Waals surface area contributed by atoms with Crippen LogP contribution < -0.4 is 9.47 Å². The minimum Gasteiger partial charge on any atom is -0.493 e. The molecule has 0 aromatic heterocycles. The standard InChI is InChI=1S/C35H43FN2O5/c1-6-28(36)12-10-14-30-32(41-7-2)20-26(21-33(30)42-8-3)23-38-17-15-35(16-18-38)22-31(37-43-24-35)27-11-9-13-29(25(4)19-27)34(39)40-5/h6,10-14,19-21H,1,7-9,15-18,22-24H2,2-5H3/b14-10+,28-12+. The molecule has 0 N–H and O–H groups in total. The molecule has 43 heavy (non-hydrogen) atoms. The SMILES string of the molecule is C=C/C(F)=C\C=C\c1c(OCC)cc(CN2CCC3(CC2)CON=C(C2=CCC=C(C(=O)OC)C(C)=C2)C3)cc1OCC. The van der Waals surface area contributed by atoms with E-state index in [0.717, 1.165) is 66.9 Å². The molecule has 1 aromatic carbocycles. The number of methoxy groups -OCH3 is 1. The van der Waals surface area contributed by atoms with Crippen molar-refractivity contribution in [2.75, 3.05) is 40.0 Å². The molecule has 1 spiro atoms. The van der Waals surface area contributed by atoms with Crippen molar-refractivity contribution in [2.45, 2.75) is 53.0 Å². The highest BCUT2D eigenvalue weighted by Gasteiger charge is 2.39. The van der Waals surface area contributed by atoms with Crippen LogP contribution in [0.1, 0.15) is 57.6 Å². The van der Waals surface area contributed by atoms with Gasteiger partial charge in [-0.05, 0) is 106 Å². The van der Waals surface area contributed by atoms with Crippen molar-refractivity contribution < 1.29 is 28.2 Å². The number of nitrogens with zero attached hydrogens (tertiary/aromatic N) is 2. The highest BCUT2D eigenvalue weighted by molar-refractivity contribution is 6.04. The van der Waals surface area contributed by atoms with Gasteiger partial charge >= 0.3 is 5.97 Å². The van der Waals surface area contributed by atoms with Gasteiger partial charge in [0, 0.05) is 18.4 Å². The first-order valence-corrected chi connectivity index (χ1v) is 15.0. The van der Waals surface area contributed by atoms with E-state index < -0.39 is 5.83 Å². The van der Waals surface area contributed by atoms with E-state index >= 15 is 0 Å². The number of benzene rings is 1. The Hall–Kier alpha value is -3.91. The molecule has 0 atom stereocenters. The molecule has 1 saturated heterocycles. The minimum absolute atomic E-state index is 0.0247. The van der Waals surface area contributed by atoms with E-state index in [1.165, 1.54) is 19.3 Å². The second kappa shape index (κ2) is 15.0. The van der Waals surface area contributed by atoms with Crippen LogP contribution >= 0.6 is 0 Å². The molecule has 1 fully saturated rings. The molecule has 1 aromatic rings. The van der Waals surface area contributed by atoms with Crippen molar-refractivity contribution in [3.8, 4) is 11.5 Å². The number of carbonyl (C=O) groups excluding carboxylic acids is 1. The van der Waals surface area contributed by atoms with Crippen LogP contribution in [-0.2, 0) is 20.9 Å². The summed E-state index contributed by atoms with van der Waals surface area (Å²) in [4.78, 5) is 20.4. The number of oxime groups is 1. The largest absolute Gasteiger partial charge is 0.493 e. The molecule has 4 rings (SSSR count). The van der Waals surface area contributed by atoms with Gasteiger partial charge in [0.25, 0.3) is 0 Å². The summed E-state index contributed by atoms with van der Waals surface area (Å²) in [5.74, 6) is 0.702. The van der Waals surface area contributed by atoms with Gasteiger partial charge in [-0.3, -0.25) is 4.90 Å². The molecule has 0 bridgehead atoms. The van der Waals surface area contributed by atoms with E-state index in [1.807, 2.05) is 39.0 Å². The molecule has 2 heterocycles. The number of likely N-dealkylation sites (tertiary alicyclic amines) is 1. The van der Waals surface area contributed by atoms with Crippen LogP contribution in [0.5, 0.6) is 11.5 Å². The van der Waals surface area contributed by atoms with E-state index in [-0.39, 0.29) is 11.4 Å². The van der Waals surface area contributed by atoms with Crippen LogP contribution in [-0.4, -0.2) is 56.6 Å². The zero-order valence-corrected chi connectivity index (χ0v) is 25.8. The summed E-state index contributed by atoms with van der Waals surface area (Å²) in [7, 11) is 1.40. The number of rotatable bonds is 11. The van der Waals surface area contributed by atoms with Crippen molar-refractivity contribution in [3.63, 3.8) is 0 Å². The number of ether oxygens (including phenoxy) is 3. The fraction of sp³-hybridized carbons (Fsp3) is 0.429. The summed E-state index contributed by atoms with van der Waals surface area (Å²) in [6.07, 6.45) is 15.5. The number of allylic oxidation sites excluding steroid dienone is 8. The Balaban J connectivity index is 1.44. The average Bonchev–Trinajstić information content (AvgIpc) is 3.21. The zero-order chi connectivity index (χ0) is 30.8.